The molecule has 0 aliphatic heterocycles. The van der Waals surface area contributed by atoms with Gasteiger partial charge in [-0.2, -0.15) is 8.78 Å². The second kappa shape index (κ2) is 7.87. The second-order valence-electron chi connectivity index (χ2n) is 5.40. The molecule has 0 saturated carbocycles. The number of hydrogen-bond donors (Lipinski definition) is 3. The Morgan fingerprint density at radius 2 is 1.96 bits per heavy atom. The van der Waals surface area contributed by atoms with E-state index < -0.39 is 18.5 Å². The molecule has 26 heavy (non-hydrogen) atoms. The van der Waals surface area contributed by atoms with Crippen LogP contribution in [0.2, 0.25) is 0 Å². The highest BCUT2D eigenvalue weighted by atomic mass is 19.3. The molecule has 0 aliphatic carbocycles. The number of fused-ring (bicyclic) bond motifs is 1. The van der Waals surface area contributed by atoms with E-state index in [-0.39, 0.29) is 24.7 Å². The van der Waals surface area contributed by atoms with Gasteiger partial charge in [0.05, 0.1) is 5.52 Å². The molecule has 9 heteroatoms. The zero-order valence-electron chi connectivity index (χ0n) is 13.4. The number of halogens is 2. The summed E-state index contributed by atoms with van der Waals surface area (Å²) in [4.78, 5) is 13.6. The Morgan fingerprint density at radius 1 is 1.19 bits per heavy atom. The van der Waals surface area contributed by atoms with Crippen molar-refractivity contribution in [3.8, 4) is 11.5 Å². The number of rotatable bonds is 8. The lowest BCUT2D eigenvalue weighted by Gasteiger charge is -2.16. The van der Waals surface area contributed by atoms with Crippen molar-refractivity contribution in [2.45, 2.75) is 12.7 Å². The number of aromatic nitrogens is 1. The summed E-state index contributed by atoms with van der Waals surface area (Å²) in [5, 5.41) is 13.0. The molecular weight excluding hydrogens is 350 g/mol. The van der Waals surface area contributed by atoms with Crippen molar-refractivity contribution < 1.29 is 27.8 Å². The molecule has 0 bridgehead atoms. The van der Waals surface area contributed by atoms with Crippen molar-refractivity contribution in [2.75, 3.05) is 18.5 Å². The highest BCUT2D eigenvalue weighted by Crippen LogP contribution is 2.28. The fourth-order valence-electron chi connectivity index (χ4n) is 2.30. The fourth-order valence-corrected chi connectivity index (χ4v) is 2.30. The van der Waals surface area contributed by atoms with Gasteiger partial charge in [-0.25, -0.2) is 4.79 Å². The van der Waals surface area contributed by atoms with E-state index >= 15 is 0 Å². The number of aliphatic hydroxyl groups is 1. The number of aromatic amines is 1. The van der Waals surface area contributed by atoms with E-state index in [1.165, 1.54) is 18.2 Å². The molecule has 1 unspecified atom stereocenters. The van der Waals surface area contributed by atoms with Crippen LogP contribution in [0.5, 0.6) is 11.5 Å². The van der Waals surface area contributed by atoms with Gasteiger partial charge in [-0.1, -0.05) is 12.1 Å². The van der Waals surface area contributed by atoms with Gasteiger partial charge < -0.3 is 24.3 Å². The number of para-hydroxylation sites is 2. The molecule has 0 spiro atoms. The van der Waals surface area contributed by atoms with Crippen molar-refractivity contribution in [1.29, 1.82) is 0 Å². The molecule has 3 N–H and O–H groups in total. The van der Waals surface area contributed by atoms with Gasteiger partial charge in [0.1, 0.15) is 12.7 Å². The van der Waals surface area contributed by atoms with Crippen molar-refractivity contribution in [2.24, 2.45) is 0 Å². The molecule has 0 radical (unpaired) electrons. The van der Waals surface area contributed by atoms with E-state index in [2.05, 4.69) is 15.0 Å². The van der Waals surface area contributed by atoms with Gasteiger partial charge in [0, 0.05) is 18.3 Å². The van der Waals surface area contributed by atoms with Crippen molar-refractivity contribution >= 4 is 16.8 Å². The third-order valence-electron chi connectivity index (χ3n) is 3.46. The molecule has 0 fully saturated rings. The lowest BCUT2D eigenvalue weighted by Crippen LogP contribution is -2.26. The van der Waals surface area contributed by atoms with Crippen LogP contribution in [-0.4, -0.2) is 36.0 Å². The standard InChI is InChI=1S/C17H16F2N2O5/c18-16(19)25-14-4-2-1-3-13(14)24-9-11(22)8-20-10-5-6-12-15(7-10)26-17(23)21-12/h1-7,11,16,20,22H,8-9H2,(H,21,23). The summed E-state index contributed by atoms with van der Waals surface area (Å²) in [5.74, 6) is -0.534. The molecule has 1 heterocycles. The molecule has 1 aromatic heterocycles. The highest BCUT2D eigenvalue weighted by Gasteiger charge is 2.12. The van der Waals surface area contributed by atoms with Crippen LogP contribution in [-0.2, 0) is 0 Å². The summed E-state index contributed by atoms with van der Waals surface area (Å²) in [6.07, 6.45) is -0.913. The Bertz CT molecular complexity index is 925. The molecule has 3 rings (SSSR count). The molecule has 3 aromatic rings. The molecule has 0 saturated heterocycles. The van der Waals surface area contributed by atoms with Crippen molar-refractivity contribution in [3.05, 3.63) is 53.0 Å². The normalized spacial score (nSPS) is 12.3. The molecule has 0 aliphatic rings. The first-order chi connectivity index (χ1) is 12.5. The number of anilines is 1. The number of H-pyrrole nitrogens is 1. The SMILES string of the molecule is O=c1[nH]c2ccc(NCC(O)COc3ccccc3OC(F)F)cc2o1. The topological polar surface area (TPSA) is 96.7 Å². The summed E-state index contributed by atoms with van der Waals surface area (Å²) in [7, 11) is 0. The average Bonchev–Trinajstić information content (AvgIpc) is 2.98. The highest BCUT2D eigenvalue weighted by molar-refractivity contribution is 5.76. The Morgan fingerprint density at radius 3 is 2.73 bits per heavy atom. The maximum absolute atomic E-state index is 12.4. The number of aliphatic hydroxyl groups excluding tert-OH is 1. The van der Waals surface area contributed by atoms with Crippen LogP contribution in [0.15, 0.2) is 51.7 Å². The van der Waals surface area contributed by atoms with Crippen LogP contribution in [0.3, 0.4) is 0 Å². The van der Waals surface area contributed by atoms with Gasteiger partial charge in [-0.3, -0.25) is 4.98 Å². The Labute approximate surface area is 146 Å². The van der Waals surface area contributed by atoms with Gasteiger partial charge in [-0.15, -0.1) is 0 Å². The summed E-state index contributed by atoms with van der Waals surface area (Å²) in [6.45, 7) is -2.95. The molecule has 7 nitrogen and oxygen atoms in total. The molecule has 1 atom stereocenters. The summed E-state index contributed by atoms with van der Waals surface area (Å²) in [5.41, 5.74) is 1.60. The van der Waals surface area contributed by atoms with Crippen molar-refractivity contribution in [3.63, 3.8) is 0 Å². The molecule has 2 aromatic carbocycles. The molecule has 0 amide bonds. The van der Waals surface area contributed by atoms with E-state index in [0.29, 0.717) is 16.8 Å². The number of alkyl halides is 2. The maximum atomic E-state index is 12.4. The van der Waals surface area contributed by atoms with E-state index in [1.807, 2.05) is 0 Å². The lowest BCUT2D eigenvalue weighted by molar-refractivity contribution is -0.0518. The Balaban J connectivity index is 1.54. The first-order valence-electron chi connectivity index (χ1n) is 7.73. The van der Waals surface area contributed by atoms with Gasteiger partial charge in [0.25, 0.3) is 0 Å². The summed E-state index contributed by atoms with van der Waals surface area (Å²) < 4.78 is 39.4. The lowest BCUT2D eigenvalue weighted by atomic mass is 10.2. The largest absolute Gasteiger partial charge is 0.487 e. The average molecular weight is 366 g/mol. The van der Waals surface area contributed by atoms with Crippen LogP contribution >= 0.6 is 0 Å². The minimum Gasteiger partial charge on any atom is -0.487 e. The van der Waals surface area contributed by atoms with E-state index in [9.17, 15) is 18.7 Å². The van der Waals surface area contributed by atoms with Crippen LogP contribution in [0.1, 0.15) is 0 Å². The second-order valence-corrected chi connectivity index (χ2v) is 5.40. The summed E-state index contributed by atoms with van der Waals surface area (Å²) >= 11 is 0. The minimum atomic E-state index is -2.96. The van der Waals surface area contributed by atoms with Gasteiger partial charge in [0.15, 0.2) is 17.1 Å². The van der Waals surface area contributed by atoms with E-state index in [4.69, 9.17) is 9.15 Å². The van der Waals surface area contributed by atoms with Crippen LogP contribution in [0.4, 0.5) is 14.5 Å². The molecule has 138 valence electrons. The van der Waals surface area contributed by atoms with Gasteiger partial charge >= 0.3 is 12.4 Å². The van der Waals surface area contributed by atoms with E-state index in [0.717, 1.165) is 0 Å². The predicted molar refractivity (Wildman–Crippen MR) is 89.9 cm³/mol. The van der Waals surface area contributed by atoms with Crippen LogP contribution in [0.25, 0.3) is 11.1 Å². The monoisotopic (exact) mass is 366 g/mol. The summed E-state index contributed by atoms with van der Waals surface area (Å²) in [6, 6.07) is 11.0. The van der Waals surface area contributed by atoms with Gasteiger partial charge in [0.2, 0.25) is 0 Å². The number of benzene rings is 2. The zero-order chi connectivity index (χ0) is 18.5. The Kier molecular flexibility index (Phi) is 5.37. The van der Waals surface area contributed by atoms with Gasteiger partial charge in [-0.05, 0) is 24.3 Å². The number of oxazole rings is 1. The first-order valence-corrected chi connectivity index (χ1v) is 7.73. The third-order valence-corrected chi connectivity index (χ3v) is 3.46. The maximum Gasteiger partial charge on any atom is 0.417 e. The quantitative estimate of drug-likeness (QED) is 0.567. The Hall–Kier alpha value is -3.07. The first kappa shape index (κ1) is 17.7. The number of ether oxygens (including phenoxy) is 2. The third kappa shape index (κ3) is 4.51. The van der Waals surface area contributed by atoms with Crippen LogP contribution in [0, 0.1) is 0 Å². The number of nitrogens with one attached hydrogen (secondary N) is 2. The van der Waals surface area contributed by atoms with E-state index in [1.54, 1.807) is 24.3 Å². The van der Waals surface area contributed by atoms with Crippen LogP contribution < -0.4 is 20.5 Å². The number of hydrogen-bond acceptors (Lipinski definition) is 6. The smallest absolute Gasteiger partial charge is 0.417 e. The zero-order valence-corrected chi connectivity index (χ0v) is 13.4. The fraction of sp³-hybridized carbons (Fsp3) is 0.235. The predicted octanol–water partition coefficient (Wildman–Crippen LogP) is 2.57. The molecular formula is C17H16F2N2O5. The van der Waals surface area contributed by atoms with Crippen molar-refractivity contribution in [1.82, 2.24) is 4.98 Å². The minimum absolute atomic E-state index is 0.101.